The minimum atomic E-state index is -3.17. The second kappa shape index (κ2) is 4.71. The number of nitrogens with zero attached hydrogens (tertiary/aromatic N) is 2. The van der Waals surface area contributed by atoms with Crippen LogP contribution in [0.2, 0.25) is 0 Å². The molecule has 4 nitrogen and oxygen atoms in total. The zero-order chi connectivity index (χ0) is 14.3. The number of fused-ring (bicyclic) bond motifs is 1. The third kappa shape index (κ3) is 2.36. The fourth-order valence-corrected chi connectivity index (χ4v) is 2.98. The Balaban J connectivity index is 2.14. The Labute approximate surface area is 125 Å². The molecular weight excluding hydrogens is 340 g/mol. The van der Waals surface area contributed by atoms with Gasteiger partial charge in [0.05, 0.1) is 4.90 Å². The summed E-state index contributed by atoms with van der Waals surface area (Å²) in [6, 6.07) is 12.6. The van der Waals surface area contributed by atoms with Crippen LogP contribution in [0, 0.1) is 0 Å². The third-order valence-corrected chi connectivity index (χ3v) is 4.62. The van der Waals surface area contributed by atoms with Gasteiger partial charge in [-0.2, -0.15) is 0 Å². The zero-order valence-corrected chi connectivity index (χ0v) is 13.0. The summed E-state index contributed by atoms with van der Waals surface area (Å²) >= 11 is 3.36. The molecule has 0 amide bonds. The predicted octanol–water partition coefficient (Wildman–Crippen LogP) is 3.19. The molecule has 0 aliphatic heterocycles. The van der Waals surface area contributed by atoms with E-state index in [1.165, 1.54) is 6.26 Å². The highest BCUT2D eigenvalue weighted by molar-refractivity contribution is 9.10. The van der Waals surface area contributed by atoms with Gasteiger partial charge in [0.25, 0.3) is 0 Å². The van der Waals surface area contributed by atoms with Crippen LogP contribution >= 0.6 is 15.9 Å². The van der Waals surface area contributed by atoms with Crippen molar-refractivity contribution in [2.45, 2.75) is 4.90 Å². The van der Waals surface area contributed by atoms with Crippen molar-refractivity contribution in [2.75, 3.05) is 6.26 Å². The van der Waals surface area contributed by atoms with Gasteiger partial charge in [-0.25, -0.2) is 13.4 Å². The van der Waals surface area contributed by atoms with Crippen molar-refractivity contribution in [3.8, 4) is 5.69 Å². The third-order valence-electron chi connectivity index (χ3n) is 3.05. The average Bonchev–Trinajstić information content (AvgIpc) is 2.81. The summed E-state index contributed by atoms with van der Waals surface area (Å²) < 4.78 is 25.6. The molecule has 0 saturated carbocycles. The first-order valence-electron chi connectivity index (χ1n) is 5.89. The van der Waals surface area contributed by atoms with Crippen LogP contribution in [0.4, 0.5) is 0 Å². The molecule has 0 fully saturated rings. The van der Waals surface area contributed by atoms with Crippen LogP contribution in [-0.4, -0.2) is 24.2 Å². The topological polar surface area (TPSA) is 52.0 Å². The largest absolute Gasteiger partial charge is 0.301 e. The Bertz CT molecular complexity index is 883. The molecule has 20 heavy (non-hydrogen) atoms. The molecule has 0 atom stereocenters. The minimum absolute atomic E-state index is 0.312. The molecule has 0 N–H and O–H groups in total. The van der Waals surface area contributed by atoms with Gasteiger partial charge in [0.2, 0.25) is 0 Å². The number of aromatic nitrogens is 2. The molecular formula is C14H11BrN2O2S. The first-order valence-corrected chi connectivity index (χ1v) is 8.58. The normalized spacial score (nSPS) is 11.9. The van der Waals surface area contributed by atoms with E-state index in [0.29, 0.717) is 4.90 Å². The summed E-state index contributed by atoms with van der Waals surface area (Å²) in [5, 5.41) is 1.03. The van der Waals surface area contributed by atoms with Crippen molar-refractivity contribution < 1.29 is 8.42 Å². The van der Waals surface area contributed by atoms with Crippen LogP contribution in [-0.2, 0) is 9.84 Å². The van der Waals surface area contributed by atoms with Gasteiger partial charge in [0.15, 0.2) is 9.84 Å². The van der Waals surface area contributed by atoms with E-state index in [0.717, 1.165) is 21.3 Å². The molecule has 3 aromatic rings. The Morgan fingerprint density at radius 3 is 2.40 bits per heavy atom. The lowest BCUT2D eigenvalue weighted by Gasteiger charge is -2.06. The molecule has 0 aliphatic rings. The van der Waals surface area contributed by atoms with Crippen LogP contribution in [0.5, 0.6) is 0 Å². The molecule has 2 aromatic heterocycles. The van der Waals surface area contributed by atoms with E-state index in [2.05, 4.69) is 20.9 Å². The molecule has 1 aromatic carbocycles. The van der Waals surface area contributed by atoms with Crippen molar-refractivity contribution in [2.24, 2.45) is 0 Å². The quantitative estimate of drug-likeness (QED) is 0.667. The van der Waals surface area contributed by atoms with E-state index < -0.39 is 9.84 Å². The van der Waals surface area contributed by atoms with Crippen LogP contribution in [0.15, 0.2) is 58.2 Å². The molecule has 0 bridgehead atoms. The highest BCUT2D eigenvalue weighted by Gasteiger charge is 2.09. The summed E-state index contributed by atoms with van der Waals surface area (Å²) in [5.41, 5.74) is 1.70. The zero-order valence-electron chi connectivity index (χ0n) is 10.6. The SMILES string of the molecule is CS(=O)(=O)c1ccc(-n2ccc3ccc(Br)nc32)cc1. The Hall–Kier alpha value is -1.66. The number of hydrogen-bond acceptors (Lipinski definition) is 3. The maximum absolute atomic E-state index is 11.5. The minimum Gasteiger partial charge on any atom is -0.301 e. The highest BCUT2D eigenvalue weighted by atomic mass is 79.9. The molecule has 2 heterocycles. The predicted molar refractivity (Wildman–Crippen MR) is 81.9 cm³/mol. The second-order valence-electron chi connectivity index (χ2n) is 4.50. The lowest BCUT2D eigenvalue weighted by Crippen LogP contribution is -1.98. The molecule has 3 rings (SSSR count). The van der Waals surface area contributed by atoms with Gasteiger partial charge in [0, 0.05) is 23.5 Å². The lowest BCUT2D eigenvalue weighted by molar-refractivity contribution is 0.602. The van der Waals surface area contributed by atoms with E-state index in [-0.39, 0.29) is 0 Å². The van der Waals surface area contributed by atoms with E-state index >= 15 is 0 Å². The fraction of sp³-hybridized carbons (Fsp3) is 0.0714. The van der Waals surface area contributed by atoms with Gasteiger partial charge in [0.1, 0.15) is 10.3 Å². The number of benzene rings is 1. The van der Waals surface area contributed by atoms with Crippen LogP contribution in [0.1, 0.15) is 0 Å². The molecule has 102 valence electrons. The molecule has 0 saturated heterocycles. The Morgan fingerprint density at radius 1 is 1.05 bits per heavy atom. The van der Waals surface area contributed by atoms with Gasteiger partial charge >= 0.3 is 0 Å². The van der Waals surface area contributed by atoms with Crippen LogP contribution < -0.4 is 0 Å². The smallest absolute Gasteiger partial charge is 0.175 e. The number of pyridine rings is 1. The first-order chi connectivity index (χ1) is 9.45. The first kappa shape index (κ1) is 13.3. The Morgan fingerprint density at radius 2 is 1.75 bits per heavy atom. The number of hydrogen-bond donors (Lipinski definition) is 0. The summed E-state index contributed by atoms with van der Waals surface area (Å²) in [6.45, 7) is 0. The molecule has 0 unspecified atom stereocenters. The van der Waals surface area contributed by atoms with Crippen molar-refractivity contribution in [3.05, 3.63) is 53.3 Å². The van der Waals surface area contributed by atoms with Crippen molar-refractivity contribution >= 4 is 36.8 Å². The van der Waals surface area contributed by atoms with E-state index in [9.17, 15) is 8.42 Å². The fourth-order valence-electron chi connectivity index (χ4n) is 2.05. The summed E-state index contributed by atoms with van der Waals surface area (Å²) in [6.07, 6.45) is 3.12. The maximum atomic E-state index is 11.5. The Kier molecular flexibility index (Phi) is 3.14. The highest BCUT2D eigenvalue weighted by Crippen LogP contribution is 2.22. The second-order valence-corrected chi connectivity index (χ2v) is 7.33. The van der Waals surface area contributed by atoms with E-state index in [4.69, 9.17) is 0 Å². The number of rotatable bonds is 2. The number of halogens is 1. The maximum Gasteiger partial charge on any atom is 0.175 e. The molecule has 0 aliphatic carbocycles. The summed E-state index contributed by atoms with van der Waals surface area (Å²) in [4.78, 5) is 4.76. The average molecular weight is 351 g/mol. The summed E-state index contributed by atoms with van der Waals surface area (Å²) in [7, 11) is -3.17. The van der Waals surface area contributed by atoms with Crippen molar-refractivity contribution in [1.29, 1.82) is 0 Å². The molecule has 6 heteroatoms. The summed E-state index contributed by atoms with van der Waals surface area (Å²) in [5.74, 6) is 0. The van der Waals surface area contributed by atoms with Gasteiger partial charge in [-0.3, -0.25) is 0 Å². The van der Waals surface area contributed by atoms with Crippen molar-refractivity contribution in [3.63, 3.8) is 0 Å². The molecule has 0 spiro atoms. The van der Waals surface area contributed by atoms with E-state index in [1.807, 2.05) is 29.0 Å². The van der Waals surface area contributed by atoms with Crippen LogP contribution in [0.25, 0.3) is 16.7 Å². The number of sulfone groups is 1. The van der Waals surface area contributed by atoms with Gasteiger partial charge < -0.3 is 4.57 Å². The lowest BCUT2D eigenvalue weighted by atomic mass is 10.3. The van der Waals surface area contributed by atoms with E-state index in [1.54, 1.807) is 24.3 Å². The monoisotopic (exact) mass is 350 g/mol. The molecule has 0 radical (unpaired) electrons. The van der Waals surface area contributed by atoms with Gasteiger partial charge in [-0.1, -0.05) is 0 Å². The standard InChI is InChI=1S/C14H11BrN2O2S/c1-20(18,19)12-5-3-11(4-6-12)17-9-8-10-2-7-13(15)16-14(10)17/h2-9H,1H3. The van der Waals surface area contributed by atoms with Crippen molar-refractivity contribution in [1.82, 2.24) is 9.55 Å². The van der Waals surface area contributed by atoms with Gasteiger partial charge in [-0.05, 0) is 58.4 Å². The van der Waals surface area contributed by atoms with Gasteiger partial charge in [-0.15, -0.1) is 0 Å². The van der Waals surface area contributed by atoms with Crippen LogP contribution in [0.3, 0.4) is 0 Å².